The first-order valence-electron chi connectivity index (χ1n) is 13.3. The number of alkyl halides is 3. The van der Waals surface area contributed by atoms with E-state index in [2.05, 4.69) is 20.6 Å². The summed E-state index contributed by atoms with van der Waals surface area (Å²) in [5.41, 5.74) is -0.200. The van der Waals surface area contributed by atoms with Crippen LogP contribution in [0.4, 0.5) is 17.6 Å². The molecule has 2 aromatic carbocycles. The molecule has 1 aliphatic heterocycles. The molecule has 236 valence electrons. The van der Waals surface area contributed by atoms with Gasteiger partial charge in [-0.15, -0.1) is 0 Å². The number of benzene rings is 2. The molecule has 0 spiro atoms. The largest absolute Gasteiger partial charge is 0.483 e. The zero-order valence-electron chi connectivity index (χ0n) is 24.2. The van der Waals surface area contributed by atoms with Gasteiger partial charge in [0.2, 0.25) is 5.88 Å². The fourth-order valence-corrected chi connectivity index (χ4v) is 5.22. The number of carbonyl (C=O) groups excluding carboxylic acids is 2. The van der Waals surface area contributed by atoms with Crippen molar-refractivity contribution in [2.24, 2.45) is 4.99 Å². The molecule has 4 aromatic rings. The maximum absolute atomic E-state index is 13.6. The van der Waals surface area contributed by atoms with Crippen LogP contribution in [0.1, 0.15) is 34.6 Å². The molecule has 2 aromatic heterocycles. The zero-order valence-corrected chi connectivity index (χ0v) is 25.1. The van der Waals surface area contributed by atoms with Crippen molar-refractivity contribution in [3.8, 4) is 34.1 Å². The van der Waals surface area contributed by atoms with Crippen molar-refractivity contribution in [3.63, 3.8) is 0 Å². The number of aliphatic imine (C=N–C) groups is 1. The van der Waals surface area contributed by atoms with Gasteiger partial charge in [0.1, 0.15) is 28.5 Å². The topological polar surface area (TPSA) is 124 Å². The number of nitrogens with zero attached hydrogens (tertiary/aromatic N) is 2. The average Bonchev–Trinajstić information content (AvgIpc) is 3.68. The number of halogens is 4. The monoisotopic (exact) mass is 646 g/mol. The lowest BCUT2D eigenvalue weighted by molar-refractivity contribution is -0.153. The van der Waals surface area contributed by atoms with Gasteiger partial charge >= 0.3 is 6.18 Å². The summed E-state index contributed by atoms with van der Waals surface area (Å²) in [6, 6.07) is 9.20. The first kappa shape index (κ1) is 31.6. The highest BCUT2D eigenvalue weighted by atomic mass is 32.2. The first-order chi connectivity index (χ1) is 21.3. The predicted molar refractivity (Wildman–Crippen MR) is 159 cm³/mol. The lowest BCUT2D eigenvalue weighted by Crippen LogP contribution is -2.49. The normalized spacial score (nSPS) is 14.7. The summed E-state index contributed by atoms with van der Waals surface area (Å²) in [5.74, 6) is -1.90. The summed E-state index contributed by atoms with van der Waals surface area (Å²) in [6.07, 6.45) is -2.11. The van der Waals surface area contributed by atoms with E-state index in [4.69, 9.17) is 18.1 Å². The van der Waals surface area contributed by atoms with Crippen LogP contribution in [0.15, 0.2) is 58.1 Å². The van der Waals surface area contributed by atoms with E-state index in [0.29, 0.717) is 5.56 Å². The molecule has 0 saturated heterocycles. The van der Waals surface area contributed by atoms with Crippen molar-refractivity contribution in [3.05, 3.63) is 65.6 Å². The number of nitrogens with one attached hydrogen (secondary N) is 2. The summed E-state index contributed by atoms with van der Waals surface area (Å²) >= 11 is 1.06. The maximum Gasteiger partial charge on any atom is 0.422 e. The van der Waals surface area contributed by atoms with Crippen LogP contribution >= 0.6 is 12.0 Å². The Morgan fingerprint density at radius 2 is 1.80 bits per heavy atom. The van der Waals surface area contributed by atoms with Gasteiger partial charge in [-0.2, -0.15) is 13.2 Å². The van der Waals surface area contributed by atoms with E-state index < -0.39 is 41.3 Å². The molecular formula is C30H26F4N4O6S. The summed E-state index contributed by atoms with van der Waals surface area (Å²) in [5, 5.41) is 5.17. The standard InChI is InChI=1S/C30H26F4N4O6S/c1-29(2,28-37-14-43-45-28)38-25(39)20-9-16(12-36-27(20)41-4)18-10-19-22(11-21(18)42-13-30(32,33)34)44-24(23(19)26(40)35-3)15-5-7-17(31)8-6-15/h5-12,14,28H,13H2,1-4H3,(H,35,40)(H,38,39). The highest BCUT2D eigenvalue weighted by Gasteiger charge is 2.36. The van der Waals surface area contributed by atoms with Crippen LogP contribution in [-0.2, 0) is 4.18 Å². The third-order valence-corrected chi connectivity index (χ3v) is 7.87. The molecule has 45 heavy (non-hydrogen) atoms. The Bertz CT molecular complexity index is 1790. The van der Waals surface area contributed by atoms with Crippen LogP contribution < -0.4 is 20.1 Å². The van der Waals surface area contributed by atoms with E-state index in [1.54, 1.807) is 13.8 Å². The second-order valence-electron chi connectivity index (χ2n) is 10.4. The fourth-order valence-electron chi connectivity index (χ4n) is 4.62. The van der Waals surface area contributed by atoms with E-state index in [1.165, 1.54) is 69.2 Å². The number of pyridine rings is 1. The van der Waals surface area contributed by atoms with Gasteiger partial charge in [0.05, 0.1) is 30.3 Å². The van der Waals surface area contributed by atoms with E-state index in [1.807, 2.05) is 0 Å². The molecule has 3 heterocycles. The second-order valence-corrected chi connectivity index (χ2v) is 11.2. The highest BCUT2D eigenvalue weighted by Crippen LogP contribution is 2.42. The Kier molecular flexibility index (Phi) is 8.65. The number of hydrogen-bond donors (Lipinski definition) is 2. The quantitative estimate of drug-likeness (QED) is 0.164. The minimum atomic E-state index is -4.68. The molecule has 2 N–H and O–H groups in total. The van der Waals surface area contributed by atoms with Crippen molar-refractivity contribution in [1.82, 2.24) is 15.6 Å². The van der Waals surface area contributed by atoms with Crippen LogP contribution in [-0.4, -0.2) is 61.1 Å². The summed E-state index contributed by atoms with van der Waals surface area (Å²) in [4.78, 5) is 35.0. The lowest BCUT2D eigenvalue weighted by Gasteiger charge is -2.28. The molecular weight excluding hydrogens is 620 g/mol. The number of fused-ring (bicyclic) bond motifs is 1. The first-order valence-corrected chi connectivity index (χ1v) is 14.1. The smallest absolute Gasteiger partial charge is 0.422 e. The van der Waals surface area contributed by atoms with Gasteiger partial charge in [-0.25, -0.2) is 14.4 Å². The van der Waals surface area contributed by atoms with E-state index in [9.17, 15) is 27.2 Å². The number of hydrogen-bond acceptors (Lipinski definition) is 9. The van der Waals surface area contributed by atoms with Gasteiger partial charge in [0.25, 0.3) is 11.8 Å². The number of methoxy groups -OCH3 is 1. The van der Waals surface area contributed by atoms with Gasteiger partial charge in [0.15, 0.2) is 18.4 Å². The molecule has 0 radical (unpaired) electrons. The molecule has 5 rings (SSSR count). The Balaban J connectivity index is 1.67. The number of ether oxygens (including phenoxy) is 2. The van der Waals surface area contributed by atoms with Gasteiger partial charge in [-0.05, 0) is 50.2 Å². The predicted octanol–water partition coefficient (Wildman–Crippen LogP) is 6.15. The van der Waals surface area contributed by atoms with Gasteiger partial charge in [0, 0.05) is 41.4 Å². The Morgan fingerprint density at radius 1 is 1.07 bits per heavy atom. The summed E-state index contributed by atoms with van der Waals surface area (Å²) in [6.45, 7) is 1.85. The van der Waals surface area contributed by atoms with Crippen LogP contribution in [0.3, 0.4) is 0 Å². The lowest BCUT2D eigenvalue weighted by atomic mass is 9.98. The number of aromatic nitrogens is 1. The van der Waals surface area contributed by atoms with Crippen molar-refractivity contribution in [1.29, 1.82) is 0 Å². The van der Waals surface area contributed by atoms with E-state index in [-0.39, 0.29) is 50.6 Å². The summed E-state index contributed by atoms with van der Waals surface area (Å²) in [7, 11) is 2.72. The van der Waals surface area contributed by atoms with Crippen LogP contribution in [0, 0.1) is 5.82 Å². The molecule has 0 bridgehead atoms. The van der Waals surface area contributed by atoms with Crippen LogP contribution in [0.25, 0.3) is 33.4 Å². The van der Waals surface area contributed by atoms with Crippen molar-refractivity contribution in [2.75, 3.05) is 20.8 Å². The molecule has 1 unspecified atom stereocenters. The Labute approximate surface area is 258 Å². The van der Waals surface area contributed by atoms with E-state index in [0.717, 1.165) is 12.0 Å². The molecule has 1 aliphatic rings. The van der Waals surface area contributed by atoms with Crippen LogP contribution in [0.2, 0.25) is 0 Å². The maximum atomic E-state index is 13.6. The number of furan rings is 1. The second kappa shape index (κ2) is 12.3. The molecule has 15 heteroatoms. The highest BCUT2D eigenvalue weighted by molar-refractivity contribution is 7.96. The molecule has 0 aliphatic carbocycles. The zero-order chi connectivity index (χ0) is 32.5. The van der Waals surface area contributed by atoms with Gasteiger partial charge in [-0.1, -0.05) is 0 Å². The van der Waals surface area contributed by atoms with Gasteiger partial charge in [-0.3, -0.25) is 9.59 Å². The third kappa shape index (κ3) is 6.67. The van der Waals surface area contributed by atoms with Crippen molar-refractivity contribution < 1.29 is 45.2 Å². The third-order valence-electron chi connectivity index (χ3n) is 6.78. The number of rotatable bonds is 9. The minimum Gasteiger partial charge on any atom is -0.483 e. The molecule has 0 fully saturated rings. The minimum absolute atomic E-state index is 0.0245. The number of amides is 2. The molecule has 2 amide bonds. The summed E-state index contributed by atoms with van der Waals surface area (Å²) < 4.78 is 75.1. The van der Waals surface area contributed by atoms with Gasteiger partial charge < -0.3 is 28.7 Å². The fraction of sp³-hybridized carbons (Fsp3) is 0.267. The molecule has 1 atom stereocenters. The molecule has 0 saturated carbocycles. The Hall–Kier alpha value is -4.79. The average molecular weight is 647 g/mol. The number of carbonyl (C=O) groups is 2. The van der Waals surface area contributed by atoms with Crippen LogP contribution in [0.5, 0.6) is 11.6 Å². The SMILES string of the molecule is CNC(=O)c1c(-c2ccc(F)cc2)oc2cc(OCC(F)(F)F)c(-c3cnc(OC)c(C(=O)NC(C)(C)C4N=COS4)c3)cc12. The Morgan fingerprint density at radius 3 is 2.42 bits per heavy atom. The molecule has 10 nitrogen and oxygen atoms in total. The van der Waals surface area contributed by atoms with Crippen molar-refractivity contribution >= 4 is 41.2 Å². The van der Waals surface area contributed by atoms with Crippen molar-refractivity contribution in [2.45, 2.75) is 30.9 Å². The van der Waals surface area contributed by atoms with E-state index >= 15 is 0 Å².